The normalized spacial score (nSPS) is 10.8. The first kappa shape index (κ1) is 25.4. The van der Waals surface area contributed by atoms with E-state index < -0.39 is 5.97 Å². The molecule has 0 saturated heterocycles. The summed E-state index contributed by atoms with van der Waals surface area (Å²) in [5.41, 5.74) is 2.48. The van der Waals surface area contributed by atoms with Crippen LogP contribution in [0, 0.1) is 5.82 Å². The maximum Gasteiger partial charge on any atom is 0.341 e. The summed E-state index contributed by atoms with van der Waals surface area (Å²) in [5.74, 6) is 0.166. The van der Waals surface area contributed by atoms with Crippen LogP contribution in [0.1, 0.15) is 17.3 Å². The molecule has 11 heteroatoms. The highest BCUT2D eigenvalue weighted by molar-refractivity contribution is 7.99. The van der Waals surface area contributed by atoms with E-state index in [-0.39, 0.29) is 17.5 Å². The van der Waals surface area contributed by atoms with Gasteiger partial charge in [0.1, 0.15) is 22.1 Å². The molecule has 4 rings (SSSR count). The lowest BCUT2D eigenvalue weighted by Gasteiger charge is -2.09. The second-order valence-corrected chi connectivity index (χ2v) is 9.29. The standard InChI is InChI=1S/C25H23FN4O4S2/c1-4-30-22(16-5-9-17(26)10-6-16)28-29-25(30)36-14-20(31)27-23-21(24(32)34-3)19(13-35-23)15-7-11-18(33-2)12-8-15/h5-13H,4,14H2,1-3H3,(H,27,31). The number of thiophene rings is 1. The summed E-state index contributed by atoms with van der Waals surface area (Å²) < 4.78 is 25.3. The highest BCUT2D eigenvalue weighted by Crippen LogP contribution is 2.37. The molecule has 0 aliphatic rings. The summed E-state index contributed by atoms with van der Waals surface area (Å²) in [6.45, 7) is 2.52. The van der Waals surface area contributed by atoms with Crippen molar-refractivity contribution in [3.63, 3.8) is 0 Å². The van der Waals surface area contributed by atoms with E-state index in [1.54, 1.807) is 36.8 Å². The summed E-state index contributed by atoms with van der Waals surface area (Å²) in [7, 11) is 2.88. The molecule has 0 aliphatic heterocycles. The first-order chi connectivity index (χ1) is 17.4. The monoisotopic (exact) mass is 526 g/mol. The molecule has 0 fully saturated rings. The molecule has 0 spiro atoms. The van der Waals surface area contributed by atoms with E-state index in [0.29, 0.717) is 39.4 Å². The average Bonchev–Trinajstić information content (AvgIpc) is 3.51. The van der Waals surface area contributed by atoms with Crippen LogP contribution in [-0.2, 0) is 16.1 Å². The molecule has 8 nitrogen and oxygen atoms in total. The number of hydrogen-bond acceptors (Lipinski definition) is 8. The van der Waals surface area contributed by atoms with Gasteiger partial charge in [-0.25, -0.2) is 9.18 Å². The van der Waals surface area contributed by atoms with Crippen molar-refractivity contribution in [2.45, 2.75) is 18.6 Å². The van der Waals surface area contributed by atoms with E-state index >= 15 is 0 Å². The molecule has 2 heterocycles. The van der Waals surface area contributed by atoms with Gasteiger partial charge in [0.2, 0.25) is 5.91 Å². The lowest BCUT2D eigenvalue weighted by atomic mass is 10.0. The second kappa shape index (κ2) is 11.4. The van der Waals surface area contributed by atoms with Crippen LogP contribution in [0.25, 0.3) is 22.5 Å². The van der Waals surface area contributed by atoms with Crippen molar-refractivity contribution in [1.29, 1.82) is 0 Å². The van der Waals surface area contributed by atoms with Crippen molar-refractivity contribution in [2.75, 3.05) is 25.3 Å². The van der Waals surface area contributed by atoms with E-state index in [9.17, 15) is 14.0 Å². The summed E-state index contributed by atoms with van der Waals surface area (Å²) in [5, 5.41) is 14.0. The molecule has 0 atom stereocenters. The molecule has 2 aromatic carbocycles. The number of methoxy groups -OCH3 is 2. The van der Waals surface area contributed by atoms with Gasteiger partial charge in [-0.3, -0.25) is 4.79 Å². The predicted octanol–water partition coefficient (Wildman–Crippen LogP) is 5.36. The molecule has 186 valence electrons. The Kier molecular flexibility index (Phi) is 8.01. The molecule has 1 N–H and O–H groups in total. The van der Waals surface area contributed by atoms with Gasteiger partial charge in [-0.1, -0.05) is 23.9 Å². The SMILES string of the molecule is CCn1c(SCC(=O)Nc2scc(-c3ccc(OC)cc3)c2C(=O)OC)nnc1-c1ccc(F)cc1. The largest absolute Gasteiger partial charge is 0.497 e. The number of nitrogens with one attached hydrogen (secondary N) is 1. The second-order valence-electron chi connectivity index (χ2n) is 7.47. The van der Waals surface area contributed by atoms with E-state index in [2.05, 4.69) is 15.5 Å². The van der Waals surface area contributed by atoms with Gasteiger partial charge in [0.25, 0.3) is 0 Å². The third-order valence-electron chi connectivity index (χ3n) is 5.30. The van der Waals surface area contributed by atoms with Crippen molar-refractivity contribution in [1.82, 2.24) is 14.8 Å². The van der Waals surface area contributed by atoms with Crippen LogP contribution < -0.4 is 10.1 Å². The molecule has 4 aromatic rings. The molecule has 1 amide bonds. The minimum Gasteiger partial charge on any atom is -0.497 e. The number of esters is 1. The summed E-state index contributed by atoms with van der Waals surface area (Å²) in [6, 6.07) is 13.3. The van der Waals surface area contributed by atoms with Gasteiger partial charge < -0.3 is 19.4 Å². The van der Waals surface area contributed by atoms with Gasteiger partial charge in [-0.15, -0.1) is 21.5 Å². The van der Waals surface area contributed by atoms with Crippen LogP contribution in [0.3, 0.4) is 0 Å². The van der Waals surface area contributed by atoms with E-state index in [1.807, 2.05) is 23.6 Å². The van der Waals surface area contributed by atoms with Crippen LogP contribution >= 0.6 is 23.1 Å². The number of benzene rings is 2. The lowest BCUT2D eigenvalue weighted by Crippen LogP contribution is -2.16. The molecule has 0 saturated carbocycles. The molecule has 36 heavy (non-hydrogen) atoms. The topological polar surface area (TPSA) is 95.3 Å². The third kappa shape index (κ3) is 5.42. The van der Waals surface area contributed by atoms with Crippen molar-refractivity contribution >= 4 is 40.0 Å². The highest BCUT2D eigenvalue weighted by Gasteiger charge is 2.23. The van der Waals surface area contributed by atoms with Crippen molar-refractivity contribution in [2.24, 2.45) is 0 Å². The average molecular weight is 527 g/mol. The molecule has 0 radical (unpaired) electrons. The number of thioether (sulfide) groups is 1. The third-order valence-corrected chi connectivity index (χ3v) is 7.16. The Morgan fingerprint density at radius 1 is 1.06 bits per heavy atom. The first-order valence-corrected chi connectivity index (χ1v) is 12.8. The highest BCUT2D eigenvalue weighted by atomic mass is 32.2. The van der Waals surface area contributed by atoms with E-state index in [0.717, 1.165) is 11.1 Å². The van der Waals surface area contributed by atoms with Crippen molar-refractivity contribution in [3.05, 3.63) is 65.3 Å². The first-order valence-electron chi connectivity index (χ1n) is 10.9. The maximum absolute atomic E-state index is 13.3. The smallest absolute Gasteiger partial charge is 0.341 e. The van der Waals surface area contributed by atoms with Crippen molar-refractivity contribution in [3.8, 4) is 28.3 Å². The van der Waals surface area contributed by atoms with Crippen LogP contribution in [-0.4, -0.2) is 46.6 Å². The zero-order chi connectivity index (χ0) is 25.7. The minimum absolute atomic E-state index is 0.0535. The number of amides is 1. The van der Waals surface area contributed by atoms with Gasteiger partial charge in [0, 0.05) is 23.1 Å². The number of ether oxygens (including phenoxy) is 2. The fourth-order valence-corrected chi connectivity index (χ4v) is 5.30. The minimum atomic E-state index is -0.542. The summed E-state index contributed by atoms with van der Waals surface area (Å²) in [6.07, 6.45) is 0. The van der Waals surface area contributed by atoms with Crippen molar-refractivity contribution < 1.29 is 23.5 Å². The number of nitrogens with zero attached hydrogens (tertiary/aromatic N) is 3. The van der Waals surface area contributed by atoms with Crippen LogP contribution in [0.5, 0.6) is 5.75 Å². The molecule has 0 unspecified atom stereocenters. The zero-order valence-corrected chi connectivity index (χ0v) is 21.4. The van der Waals surface area contributed by atoms with Gasteiger partial charge in [-0.2, -0.15) is 0 Å². The molecular weight excluding hydrogens is 503 g/mol. The van der Waals surface area contributed by atoms with Gasteiger partial charge in [-0.05, 0) is 48.9 Å². The number of halogens is 1. The number of rotatable bonds is 9. The number of hydrogen-bond donors (Lipinski definition) is 1. The van der Waals surface area contributed by atoms with Gasteiger partial charge in [0.15, 0.2) is 11.0 Å². The Bertz CT molecular complexity index is 1370. The Balaban J connectivity index is 1.50. The van der Waals surface area contributed by atoms with Gasteiger partial charge in [0.05, 0.1) is 20.0 Å². The number of carbonyl (C=O) groups is 2. The number of carbonyl (C=O) groups excluding carboxylic acids is 2. The fourth-order valence-electron chi connectivity index (χ4n) is 3.52. The van der Waals surface area contributed by atoms with Crippen LogP contribution in [0.15, 0.2) is 59.1 Å². The Hall–Kier alpha value is -3.70. The van der Waals surface area contributed by atoms with Crippen LogP contribution in [0.4, 0.5) is 9.39 Å². The zero-order valence-electron chi connectivity index (χ0n) is 19.8. The molecule has 0 aliphatic carbocycles. The number of aromatic nitrogens is 3. The Labute approximate surface area is 215 Å². The molecule has 0 bridgehead atoms. The molecular formula is C25H23FN4O4S2. The van der Waals surface area contributed by atoms with Gasteiger partial charge >= 0.3 is 5.97 Å². The lowest BCUT2D eigenvalue weighted by molar-refractivity contribution is -0.113. The van der Waals surface area contributed by atoms with E-state index in [4.69, 9.17) is 9.47 Å². The molecule has 2 aromatic heterocycles. The fraction of sp³-hybridized carbons (Fsp3) is 0.200. The summed E-state index contributed by atoms with van der Waals surface area (Å²) in [4.78, 5) is 25.4. The Morgan fingerprint density at radius 2 is 1.75 bits per heavy atom. The maximum atomic E-state index is 13.3. The van der Waals surface area contributed by atoms with E-state index in [1.165, 1.54) is 42.3 Å². The number of anilines is 1. The predicted molar refractivity (Wildman–Crippen MR) is 138 cm³/mol. The van der Waals surface area contributed by atoms with Crippen LogP contribution in [0.2, 0.25) is 0 Å². The quantitative estimate of drug-likeness (QED) is 0.232. The Morgan fingerprint density at radius 3 is 2.39 bits per heavy atom. The summed E-state index contributed by atoms with van der Waals surface area (Å²) >= 11 is 2.47.